The van der Waals surface area contributed by atoms with Gasteiger partial charge in [0.05, 0.1) is 11.9 Å². The molecule has 0 saturated heterocycles. The van der Waals surface area contributed by atoms with Crippen LogP contribution in [0.1, 0.15) is 49.6 Å². The molecule has 0 spiro atoms. The van der Waals surface area contributed by atoms with Crippen LogP contribution in [0.3, 0.4) is 0 Å². The van der Waals surface area contributed by atoms with E-state index in [1.165, 1.54) is 25.7 Å². The maximum absolute atomic E-state index is 5.32. The Balaban J connectivity index is 1.87. The van der Waals surface area contributed by atoms with Gasteiger partial charge in [-0.2, -0.15) is 10.2 Å². The summed E-state index contributed by atoms with van der Waals surface area (Å²) in [6, 6.07) is 0.468. The van der Waals surface area contributed by atoms with Crippen LogP contribution in [0.4, 0.5) is 0 Å². The molecular weight excluding hydrogens is 282 g/mol. The number of hydrogen-bond donors (Lipinski definition) is 2. The van der Waals surface area contributed by atoms with Gasteiger partial charge in [0.2, 0.25) is 0 Å². The van der Waals surface area contributed by atoms with Crippen LogP contribution in [0.2, 0.25) is 0 Å². The minimum Gasteiger partial charge on any atom is -0.358 e. The Morgan fingerprint density at radius 1 is 1.38 bits per heavy atom. The third-order valence-corrected chi connectivity index (χ3v) is 4.56. The normalized spacial score (nSPS) is 22.5. The first-order valence-electron chi connectivity index (χ1n) is 7.58. The van der Waals surface area contributed by atoms with E-state index in [4.69, 9.17) is 12.2 Å². The van der Waals surface area contributed by atoms with E-state index in [0.717, 1.165) is 17.0 Å². The molecule has 1 heterocycles. The molecule has 1 fully saturated rings. The molecule has 5 nitrogen and oxygen atoms in total. The van der Waals surface area contributed by atoms with Crippen molar-refractivity contribution in [3.05, 3.63) is 17.0 Å². The fourth-order valence-corrected chi connectivity index (χ4v) is 3.07. The topological polar surface area (TPSA) is 54.2 Å². The lowest BCUT2D eigenvalue weighted by Gasteiger charge is -2.30. The highest BCUT2D eigenvalue weighted by molar-refractivity contribution is 7.80. The fourth-order valence-electron chi connectivity index (χ4n) is 2.86. The number of hydrogen-bond acceptors (Lipinski definition) is 3. The average molecular weight is 307 g/mol. The second kappa shape index (κ2) is 7.02. The number of hydrazone groups is 1. The van der Waals surface area contributed by atoms with Crippen molar-refractivity contribution in [2.75, 3.05) is 0 Å². The Bertz CT molecular complexity index is 534. The summed E-state index contributed by atoms with van der Waals surface area (Å²) >= 11 is 5.32. The number of rotatable bonds is 3. The monoisotopic (exact) mass is 307 g/mol. The van der Waals surface area contributed by atoms with Gasteiger partial charge >= 0.3 is 0 Å². The number of nitrogens with one attached hydrogen (secondary N) is 2. The van der Waals surface area contributed by atoms with Crippen molar-refractivity contribution < 1.29 is 0 Å². The van der Waals surface area contributed by atoms with E-state index < -0.39 is 0 Å². The minimum atomic E-state index is 0.468. The summed E-state index contributed by atoms with van der Waals surface area (Å²) in [4.78, 5) is 0. The molecule has 1 aliphatic rings. The molecular formula is C15H25N5S. The molecule has 0 aromatic carbocycles. The summed E-state index contributed by atoms with van der Waals surface area (Å²) in [6.45, 7) is 6.29. The van der Waals surface area contributed by atoms with Crippen LogP contribution in [0.5, 0.6) is 0 Å². The van der Waals surface area contributed by atoms with Gasteiger partial charge in [-0.15, -0.1) is 0 Å². The number of thiocarbonyl (C=S) groups is 1. The molecule has 1 saturated carbocycles. The molecule has 6 heteroatoms. The van der Waals surface area contributed by atoms with Crippen LogP contribution < -0.4 is 10.7 Å². The van der Waals surface area contributed by atoms with Crippen molar-refractivity contribution >= 4 is 23.5 Å². The van der Waals surface area contributed by atoms with Gasteiger partial charge < -0.3 is 5.32 Å². The zero-order valence-corrected chi connectivity index (χ0v) is 14.1. The van der Waals surface area contributed by atoms with E-state index >= 15 is 0 Å². The molecule has 116 valence electrons. The van der Waals surface area contributed by atoms with Gasteiger partial charge in [-0.3, -0.25) is 10.1 Å². The second-order valence-electron chi connectivity index (χ2n) is 5.92. The van der Waals surface area contributed by atoms with Crippen molar-refractivity contribution in [2.24, 2.45) is 18.1 Å². The Hall–Kier alpha value is -1.43. The molecule has 21 heavy (non-hydrogen) atoms. The van der Waals surface area contributed by atoms with Crippen LogP contribution in [0.25, 0.3) is 0 Å². The van der Waals surface area contributed by atoms with Crippen molar-refractivity contribution in [3.8, 4) is 0 Å². The first kappa shape index (κ1) is 15.9. The molecule has 1 aliphatic carbocycles. The van der Waals surface area contributed by atoms with Gasteiger partial charge in [-0.05, 0) is 44.8 Å². The van der Waals surface area contributed by atoms with Crippen LogP contribution >= 0.6 is 12.2 Å². The molecule has 2 N–H and O–H groups in total. The molecule has 0 unspecified atom stereocenters. The summed E-state index contributed by atoms with van der Waals surface area (Å²) in [7, 11) is 1.93. The Morgan fingerprint density at radius 2 is 2.10 bits per heavy atom. The summed E-state index contributed by atoms with van der Waals surface area (Å²) in [5.74, 6) is 0.672. The van der Waals surface area contributed by atoms with E-state index in [0.29, 0.717) is 17.1 Å². The molecule has 0 amide bonds. The minimum absolute atomic E-state index is 0.468. The molecule has 2 rings (SSSR count). The van der Waals surface area contributed by atoms with Gasteiger partial charge in [0.1, 0.15) is 0 Å². The lowest BCUT2D eigenvalue weighted by molar-refractivity contribution is 0.308. The highest BCUT2D eigenvalue weighted by Gasteiger charge is 2.21. The number of aryl methyl sites for hydroxylation is 2. The third kappa shape index (κ3) is 4.03. The quantitative estimate of drug-likeness (QED) is 0.511. The number of aromatic nitrogens is 2. The largest absolute Gasteiger partial charge is 0.358 e. The zero-order chi connectivity index (χ0) is 15.4. The first-order chi connectivity index (χ1) is 9.99. The van der Waals surface area contributed by atoms with E-state index in [9.17, 15) is 0 Å². The summed E-state index contributed by atoms with van der Waals surface area (Å²) < 4.78 is 1.86. The van der Waals surface area contributed by atoms with Crippen LogP contribution in [-0.4, -0.2) is 27.1 Å². The van der Waals surface area contributed by atoms with Crippen LogP contribution in [-0.2, 0) is 7.05 Å². The lowest BCUT2D eigenvalue weighted by Crippen LogP contribution is -2.44. The number of nitrogens with zero attached hydrogens (tertiary/aromatic N) is 3. The van der Waals surface area contributed by atoms with E-state index in [1.54, 1.807) is 6.21 Å². The maximum atomic E-state index is 5.32. The summed E-state index contributed by atoms with van der Waals surface area (Å²) in [6.07, 6.45) is 6.86. The van der Waals surface area contributed by atoms with E-state index in [-0.39, 0.29) is 0 Å². The fraction of sp³-hybridized carbons (Fsp3) is 0.667. The molecule has 1 aromatic rings. The lowest BCUT2D eigenvalue weighted by atomic mass is 9.86. The van der Waals surface area contributed by atoms with Crippen molar-refractivity contribution in [1.82, 2.24) is 20.5 Å². The summed E-state index contributed by atoms with van der Waals surface area (Å²) in [5, 5.41) is 12.6. The van der Waals surface area contributed by atoms with Crippen molar-refractivity contribution in [3.63, 3.8) is 0 Å². The zero-order valence-electron chi connectivity index (χ0n) is 13.3. The van der Waals surface area contributed by atoms with Gasteiger partial charge in [-0.25, -0.2) is 0 Å². The standard InChI is InChI=1S/C15H25N5S/c1-10-7-5-6-8-14(10)17-15(21)18-16-9-13-11(2)19-20(4)12(13)3/h9-10,14H,5-8H2,1-4H3,(H2,17,18,21)/b16-9-/t10-,14+/m1/s1. The Kier molecular flexibility index (Phi) is 5.33. The average Bonchev–Trinajstić information content (AvgIpc) is 2.68. The second-order valence-corrected chi connectivity index (χ2v) is 6.33. The van der Waals surface area contributed by atoms with Crippen LogP contribution in [0.15, 0.2) is 5.10 Å². The molecule has 0 radical (unpaired) electrons. The van der Waals surface area contributed by atoms with Gasteiger partial charge in [0.25, 0.3) is 0 Å². The molecule has 2 atom stereocenters. The van der Waals surface area contributed by atoms with Crippen LogP contribution in [0, 0.1) is 19.8 Å². The maximum Gasteiger partial charge on any atom is 0.187 e. The third-order valence-electron chi connectivity index (χ3n) is 4.35. The van der Waals surface area contributed by atoms with Crippen molar-refractivity contribution in [2.45, 2.75) is 52.5 Å². The SMILES string of the molecule is Cc1nn(C)c(C)c1/C=N\NC(=S)N[C@H]1CCCC[C@H]1C. The highest BCUT2D eigenvalue weighted by Crippen LogP contribution is 2.23. The molecule has 0 bridgehead atoms. The highest BCUT2D eigenvalue weighted by atomic mass is 32.1. The predicted octanol–water partition coefficient (Wildman–Crippen LogP) is 2.41. The molecule has 0 aliphatic heterocycles. The molecule has 1 aromatic heterocycles. The predicted molar refractivity (Wildman–Crippen MR) is 90.6 cm³/mol. The van der Waals surface area contributed by atoms with Crippen molar-refractivity contribution in [1.29, 1.82) is 0 Å². The van der Waals surface area contributed by atoms with Gasteiger partial charge in [0.15, 0.2) is 5.11 Å². The van der Waals surface area contributed by atoms with Gasteiger partial charge in [-0.1, -0.05) is 19.8 Å². The van der Waals surface area contributed by atoms with Gasteiger partial charge in [0, 0.05) is 24.3 Å². The van der Waals surface area contributed by atoms with E-state index in [2.05, 4.69) is 27.9 Å². The summed E-state index contributed by atoms with van der Waals surface area (Å²) in [5.41, 5.74) is 6.02. The smallest absolute Gasteiger partial charge is 0.187 e. The first-order valence-corrected chi connectivity index (χ1v) is 7.99. The Labute approximate surface area is 132 Å². The van der Waals surface area contributed by atoms with E-state index in [1.807, 2.05) is 25.6 Å². The Morgan fingerprint density at radius 3 is 2.71 bits per heavy atom.